The van der Waals surface area contributed by atoms with Gasteiger partial charge in [-0.2, -0.15) is 0 Å². The molecule has 96 valence electrons. The summed E-state index contributed by atoms with van der Waals surface area (Å²) in [5, 5.41) is 3.36. The molecule has 18 heavy (non-hydrogen) atoms. The second kappa shape index (κ2) is 6.47. The molecule has 0 aliphatic carbocycles. The standard InChI is InChI=1S/C13H15IN2OS/c14-11-6-4-5-10(9-11)12(17)15-13(18)16-7-2-1-3-8-16/h4-6,9H,1-3,7-8H2,(H,15,17,18). The Labute approximate surface area is 126 Å². The van der Waals surface area contributed by atoms with E-state index in [0.717, 1.165) is 29.5 Å². The number of hydrogen-bond acceptors (Lipinski definition) is 2. The summed E-state index contributed by atoms with van der Waals surface area (Å²) in [6, 6.07) is 7.49. The number of thiocarbonyl (C=S) groups is 1. The van der Waals surface area contributed by atoms with Gasteiger partial charge in [-0.05, 0) is 72.3 Å². The average molecular weight is 374 g/mol. The number of amides is 1. The second-order valence-electron chi connectivity index (χ2n) is 4.32. The third kappa shape index (κ3) is 3.65. The van der Waals surface area contributed by atoms with Gasteiger partial charge < -0.3 is 4.90 Å². The van der Waals surface area contributed by atoms with Crippen LogP contribution in [0.1, 0.15) is 29.6 Å². The molecule has 2 rings (SSSR count). The van der Waals surface area contributed by atoms with Crippen LogP contribution in [0.4, 0.5) is 0 Å². The number of rotatable bonds is 1. The first-order chi connectivity index (χ1) is 8.66. The van der Waals surface area contributed by atoms with Gasteiger partial charge >= 0.3 is 0 Å². The predicted molar refractivity (Wildman–Crippen MR) is 84.6 cm³/mol. The maximum Gasteiger partial charge on any atom is 0.257 e. The minimum absolute atomic E-state index is 0.121. The lowest BCUT2D eigenvalue weighted by Gasteiger charge is -2.28. The fraction of sp³-hybridized carbons (Fsp3) is 0.385. The van der Waals surface area contributed by atoms with E-state index in [0.29, 0.717) is 10.7 Å². The van der Waals surface area contributed by atoms with Crippen LogP contribution < -0.4 is 5.32 Å². The summed E-state index contributed by atoms with van der Waals surface area (Å²) < 4.78 is 1.05. The Hall–Kier alpha value is -0.690. The molecule has 1 aromatic rings. The molecule has 1 aliphatic heterocycles. The van der Waals surface area contributed by atoms with E-state index in [1.165, 1.54) is 6.42 Å². The molecule has 1 amide bonds. The van der Waals surface area contributed by atoms with Crippen LogP contribution in [0.15, 0.2) is 24.3 Å². The maximum absolute atomic E-state index is 12.0. The molecule has 1 aliphatic rings. The summed E-state index contributed by atoms with van der Waals surface area (Å²) in [4.78, 5) is 14.1. The molecular weight excluding hydrogens is 359 g/mol. The lowest BCUT2D eigenvalue weighted by Crippen LogP contribution is -2.44. The van der Waals surface area contributed by atoms with Crippen LogP contribution in [0.25, 0.3) is 0 Å². The minimum atomic E-state index is -0.121. The third-order valence-electron chi connectivity index (χ3n) is 2.95. The van der Waals surface area contributed by atoms with Crippen LogP contribution in [0.5, 0.6) is 0 Å². The molecule has 0 radical (unpaired) electrons. The van der Waals surface area contributed by atoms with Gasteiger partial charge in [0.1, 0.15) is 0 Å². The number of hydrogen-bond donors (Lipinski definition) is 1. The molecular formula is C13H15IN2OS. The summed E-state index contributed by atoms with van der Waals surface area (Å²) in [5.41, 5.74) is 0.654. The van der Waals surface area contributed by atoms with E-state index in [1.807, 2.05) is 18.2 Å². The molecule has 0 unspecified atom stereocenters. The third-order valence-corrected chi connectivity index (χ3v) is 3.98. The number of carbonyl (C=O) groups excluding carboxylic acids is 1. The van der Waals surface area contributed by atoms with Crippen LogP contribution in [0.2, 0.25) is 0 Å². The summed E-state index contributed by atoms with van der Waals surface area (Å²) in [5.74, 6) is -0.121. The first-order valence-corrected chi connectivity index (χ1v) is 7.51. The molecule has 0 atom stereocenters. The molecule has 3 nitrogen and oxygen atoms in total. The first kappa shape index (κ1) is 13.7. The van der Waals surface area contributed by atoms with Crippen molar-refractivity contribution in [3.63, 3.8) is 0 Å². The number of likely N-dealkylation sites (tertiary alicyclic amines) is 1. The Morgan fingerprint density at radius 1 is 1.28 bits per heavy atom. The smallest absolute Gasteiger partial charge is 0.257 e. The van der Waals surface area contributed by atoms with E-state index in [9.17, 15) is 4.79 Å². The van der Waals surface area contributed by atoms with Crippen LogP contribution in [-0.2, 0) is 0 Å². The Kier molecular flexibility index (Phi) is 4.94. The normalized spacial score (nSPS) is 15.3. The highest BCUT2D eigenvalue weighted by atomic mass is 127. The Bertz CT molecular complexity index is 458. The topological polar surface area (TPSA) is 32.3 Å². The molecule has 1 N–H and O–H groups in total. The van der Waals surface area contributed by atoms with E-state index in [4.69, 9.17) is 12.2 Å². The highest BCUT2D eigenvalue weighted by Gasteiger charge is 2.16. The van der Waals surface area contributed by atoms with Gasteiger partial charge in [0, 0.05) is 22.2 Å². The predicted octanol–water partition coefficient (Wildman–Crippen LogP) is 2.79. The number of halogens is 1. The monoisotopic (exact) mass is 374 g/mol. The number of benzene rings is 1. The van der Waals surface area contributed by atoms with Crippen molar-refractivity contribution >= 4 is 45.8 Å². The number of nitrogens with one attached hydrogen (secondary N) is 1. The first-order valence-electron chi connectivity index (χ1n) is 6.02. The van der Waals surface area contributed by atoms with Gasteiger partial charge in [-0.15, -0.1) is 0 Å². The fourth-order valence-corrected chi connectivity index (χ4v) is 2.79. The van der Waals surface area contributed by atoms with Gasteiger partial charge in [0.2, 0.25) is 0 Å². The van der Waals surface area contributed by atoms with E-state index < -0.39 is 0 Å². The molecule has 1 heterocycles. The van der Waals surface area contributed by atoms with Crippen molar-refractivity contribution in [2.75, 3.05) is 13.1 Å². The zero-order valence-corrected chi connectivity index (χ0v) is 13.0. The highest BCUT2D eigenvalue weighted by molar-refractivity contribution is 14.1. The Morgan fingerprint density at radius 2 is 2.00 bits per heavy atom. The number of piperidine rings is 1. The number of carbonyl (C=O) groups is 1. The molecule has 0 aromatic heterocycles. The van der Waals surface area contributed by atoms with Crippen molar-refractivity contribution in [1.82, 2.24) is 10.2 Å². The van der Waals surface area contributed by atoms with Crippen LogP contribution in [0.3, 0.4) is 0 Å². The summed E-state index contributed by atoms with van der Waals surface area (Å²) in [6.07, 6.45) is 3.56. The van der Waals surface area contributed by atoms with Crippen molar-refractivity contribution < 1.29 is 4.79 Å². The van der Waals surface area contributed by atoms with Gasteiger partial charge in [0.25, 0.3) is 5.91 Å². The largest absolute Gasteiger partial charge is 0.349 e. The average Bonchev–Trinajstić information content (AvgIpc) is 2.39. The highest BCUT2D eigenvalue weighted by Crippen LogP contribution is 2.10. The number of nitrogens with zero attached hydrogens (tertiary/aromatic N) is 1. The molecule has 1 fully saturated rings. The second-order valence-corrected chi connectivity index (χ2v) is 5.95. The van der Waals surface area contributed by atoms with Crippen molar-refractivity contribution in [3.8, 4) is 0 Å². The van der Waals surface area contributed by atoms with Gasteiger partial charge in [-0.1, -0.05) is 6.07 Å². The van der Waals surface area contributed by atoms with Gasteiger partial charge in [-0.25, -0.2) is 0 Å². The Balaban J connectivity index is 1.96. The molecule has 1 saturated heterocycles. The van der Waals surface area contributed by atoms with Crippen molar-refractivity contribution in [2.45, 2.75) is 19.3 Å². The lowest BCUT2D eigenvalue weighted by molar-refractivity contribution is 0.0972. The fourth-order valence-electron chi connectivity index (χ4n) is 1.98. The van der Waals surface area contributed by atoms with Gasteiger partial charge in [-0.3, -0.25) is 10.1 Å². The van der Waals surface area contributed by atoms with E-state index in [2.05, 4.69) is 32.8 Å². The van der Waals surface area contributed by atoms with Crippen molar-refractivity contribution in [3.05, 3.63) is 33.4 Å². The van der Waals surface area contributed by atoms with E-state index in [1.54, 1.807) is 6.07 Å². The molecule has 0 spiro atoms. The van der Waals surface area contributed by atoms with Gasteiger partial charge in [0.05, 0.1) is 0 Å². The molecule has 5 heteroatoms. The van der Waals surface area contributed by atoms with Crippen LogP contribution in [0, 0.1) is 3.57 Å². The van der Waals surface area contributed by atoms with Crippen LogP contribution in [-0.4, -0.2) is 29.0 Å². The van der Waals surface area contributed by atoms with Gasteiger partial charge in [0.15, 0.2) is 5.11 Å². The summed E-state index contributed by atoms with van der Waals surface area (Å²) in [7, 11) is 0. The maximum atomic E-state index is 12.0. The molecule has 0 saturated carbocycles. The quantitative estimate of drug-likeness (QED) is 0.606. The Morgan fingerprint density at radius 3 is 2.67 bits per heavy atom. The van der Waals surface area contributed by atoms with Crippen molar-refractivity contribution in [1.29, 1.82) is 0 Å². The minimum Gasteiger partial charge on any atom is -0.349 e. The van der Waals surface area contributed by atoms with Crippen LogP contribution >= 0.6 is 34.8 Å². The summed E-state index contributed by atoms with van der Waals surface area (Å²) >= 11 is 7.47. The zero-order chi connectivity index (χ0) is 13.0. The van der Waals surface area contributed by atoms with Crippen molar-refractivity contribution in [2.24, 2.45) is 0 Å². The van der Waals surface area contributed by atoms with E-state index >= 15 is 0 Å². The lowest BCUT2D eigenvalue weighted by atomic mass is 10.1. The molecule has 0 bridgehead atoms. The zero-order valence-electron chi connectivity index (χ0n) is 9.99. The summed E-state index contributed by atoms with van der Waals surface area (Å²) in [6.45, 7) is 1.90. The SMILES string of the molecule is O=C(NC(=S)N1CCCCC1)c1cccc(I)c1. The van der Waals surface area contributed by atoms with E-state index in [-0.39, 0.29) is 5.91 Å². The molecule has 1 aromatic carbocycles.